The summed E-state index contributed by atoms with van der Waals surface area (Å²) in [6, 6.07) is 0. The van der Waals surface area contributed by atoms with Crippen LogP contribution in [0, 0.1) is 0 Å². The van der Waals surface area contributed by atoms with E-state index in [-0.39, 0.29) is 31.5 Å². The van der Waals surface area contributed by atoms with Crippen molar-refractivity contribution in [3.8, 4) is 0 Å². The van der Waals surface area contributed by atoms with Crippen LogP contribution >= 0.6 is 0 Å². The molecule has 0 bridgehead atoms. The number of hydrogen-bond donors (Lipinski definition) is 6. The van der Waals surface area contributed by atoms with Gasteiger partial charge in [-0.3, -0.25) is 9.96 Å². The molecule has 186 valence electrons. The average molecular weight is 464 g/mol. The van der Waals surface area contributed by atoms with Gasteiger partial charge in [0.05, 0.1) is 0 Å². The van der Waals surface area contributed by atoms with Gasteiger partial charge in [0, 0.05) is 44.5 Å². The van der Waals surface area contributed by atoms with E-state index in [2.05, 4.69) is 62.5 Å². The van der Waals surface area contributed by atoms with Gasteiger partial charge in [-0.05, 0) is 68.9 Å². The fourth-order valence-corrected chi connectivity index (χ4v) is 4.69. The van der Waals surface area contributed by atoms with Crippen LogP contribution in [0.25, 0.3) is 0 Å². The third kappa shape index (κ3) is 58.4. The molecule has 0 aliphatic rings. The Hall–Kier alpha value is 0.114. The number of nitrogens with two attached hydrogens (primary N) is 1. The first-order valence-corrected chi connectivity index (χ1v) is 13.6. The van der Waals surface area contributed by atoms with Gasteiger partial charge in [-0.15, -0.1) is 0 Å². The molecule has 0 rings (SSSR count). The molecule has 0 spiro atoms. The molecule has 10 heteroatoms. The number of hydrogen-bond acceptors (Lipinski definition) is 8. The van der Waals surface area contributed by atoms with Crippen molar-refractivity contribution < 1.29 is 23.5 Å². The molecule has 0 aromatic rings. The lowest BCUT2D eigenvalue weighted by Gasteiger charge is -2.39. The molecule has 0 saturated heterocycles. The molecule has 0 aromatic heterocycles. The maximum atomic E-state index is 8.30. The van der Waals surface area contributed by atoms with Crippen LogP contribution in [0.5, 0.6) is 0 Å². The summed E-state index contributed by atoms with van der Waals surface area (Å²) >= 11 is 0. The summed E-state index contributed by atoms with van der Waals surface area (Å²) in [7, 11) is -1.09. The Bertz CT molecular complexity index is 326. The molecule has 0 atom stereocenters. The Morgan fingerprint density at radius 1 is 0.690 bits per heavy atom. The van der Waals surface area contributed by atoms with Crippen LogP contribution in [0.15, 0.2) is 0 Å². The summed E-state index contributed by atoms with van der Waals surface area (Å²) in [4.78, 5) is 23.7. The normalized spacial score (nSPS) is 11.8. The molecule has 0 heterocycles. The molecule has 29 heavy (non-hydrogen) atoms. The van der Waals surface area contributed by atoms with Crippen molar-refractivity contribution >= 4 is 17.4 Å². The Balaban J connectivity index is -0.0000000740. The maximum absolute atomic E-state index is 8.30. The molecule has 7 N–H and O–H groups in total. The van der Waals surface area contributed by atoms with Crippen molar-refractivity contribution in [2.75, 3.05) is 21.3 Å². The van der Waals surface area contributed by atoms with Gasteiger partial charge in [-0.1, -0.05) is 14.9 Å². The summed E-state index contributed by atoms with van der Waals surface area (Å²) in [6.07, 6.45) is 0. The summed E-state index contributed by atoms with van der Waals surface area (Å²) in [5.41, 5.74) is 5.51. The van der Waals surface area contributed by atoms with Crippen LogP contribution in [0.4, 0.5) is 0 Å². The average Bonchev–Trinajstić information content (AvgIpc) is 2.34. The van der Waals surface area contributed by atoms with E-state index in [1.165, 1.54) is 13.7 Å². The fraction of sp³-hybridized carbons (Fsp3) is 1.00. The second-order valence-corrected chi connectivity index (χ2v) is 14.7. The van der Waals surface area contributed by atoms with Gasteiger partial charge in [0.2, 0.25) is 0 Å². The van der Waals surface area contributed by atoms with E-state index in [1.54, 1.807) is 7.11 Å². The minimum atomic E-state index is -3.13. The first kappa shape index (κ1) is 43.1. The third-order valence-corrected chi connectivity index (χ3v) is 6.07. The van der Waals surface area contributed by atoms with E-state index in [0.717, 1.165) is 7.11 Å². The predicted octanol–water partition coefficient (Wildman–Crippen LogP) is 2.79. The lowest BCUT2D eigenvalue weighted by Crippen LogP contribution is -2.70. The highest BCUT2D eigenvalue weighted by Gasteiger charge is 2.36. The molecule has 0 amide bonds. The summed E-state index contributed by atoms with van der Waals surface area (Å²) < 4.78 is 9.79. The number of aliphatic hydroxyl groups is 1. The molecule has 0 aliphatic carbocycles. The van der Waals surface area contributed by atoms with Crippen molar-refractivity contribution in [1.82, 2.24) is 9.96 Å². The van der Waals surface area contributed by atoms with Crippen LogP contribution < -0.4 is 15.7 Å². The molecule has 0 radical (unpaired) electrons. The SMILES string of the molecule is C.C.CC(C)(C)N.CO.CO[Si](C)(NC(C)(C)C)NC(C)(C)C.CO[Si](C)(O)O. The fourth-order valence-electron chi connectivity index (χ4n) is 1.56. The van der Waals surface area contributed by atoms with Gasteiger partial charge in [0.15, 0.2) is 0 Å². The predicted molar refractivity (Wildman–Crippen MR) is 133 cm³/mol. The molecule has 0 aromatic carbocycles. The Kier molecular flexibility index (Phi) is 26.4. The second kappa shape index (κ2) is 17.8. The maximum Gasteiger partial charge on any atom is 0.491 e. The number of rotatable bonds is 4. The summed E-state index contributed by atoms with van der Waals surface area (Å²) in [6.45, 7) is 22.2. The molecule has 0 aliphatic heterocycles. The third-order valence-electron chi connectivity index (χ3n) is 2.02. The standard InChI is InChI=1S/C10H26N2OSi.C4H11N.C2H8O3Si.CH4O.2CH4/c1-9(2,3)11-14(8,13-7)12-10(4,5)6;1-4(2,3)5;1-5-6(2,3)4;1-2;;/h11-12H,1-8H3;5H2,1-3H3;3-4H,1-2H3;2H,1H3;2*1H4. The summed E-state index contributed by atoms with van der Waals surface area (Å²) in [5, 5.41) is 7.00. The van der Waals surface area contributed by atoms with Gasteiger partial charge in [-0.2, -0.15) is 0 Å². The molecule has 8 nitrogen and oxygen atoms in total. The Morgan fingerprint density at radius 3 is 0.931 bits per heavy atom. The van der Waals surface area contributed by atoms with Crippen LogP contribution in [0.1, 0.15) is 77.2 Å². The van der Waals surface area contributed by atoms with Crippen LogP contribution in [0.3, 0.4) is 0 Å². The largest absolute Gasteiger partial charge is 0.491 e. The lowest BCUT2D eigenvalue weighted by molar-refractivity contribution is 0.194. The minimum absolute atomic E-state index is 0. The first-order valence-electron chi connectivity index (χ1n) is 8.91. The zero-order chi connectivity index (χ0) is 23.3. The zero-order valence-corrected chi connectivity index (χ0v) is 22.2. The number of nitrogens with one attached hydrogen (secondary N) is 2. The van der Waals surface area contributed by atoms with Crippen molar-refractivity contribution in [3.63, 3.8) is 0 Å². The van der Waals surface area contributed by atoms with Crippen LogP contribution in [0.2, 0.25) is 13.1 Å². The van der Waals surface area contributed by atoms with E-state index in [0.29, 0.717) is 0 Å². The quantitative estimate of drug-likeness (QED) is 0.351. The molecule has 0 fully saturated rings. The zero-order valence-electron chi connectivity index (χ0n) is 20.2. The van der Waals surface area contributed by atoms with Crippen LogP contribution in [-0.4, -0.2) is 70.1 Å². The highest BCUT2D eigenvalue weighted by molar-refractivity contribution is 6.67. The molecular weight excluding hydrogens is 406 g/mol. The highest BCUT2D eigenvalue weighted by atomic mass is 28.4. The van der Waals surface area contributed by atoms with E-state index >= 15 is 0 Å². The monoisotopic (exact) mass is 463 g/mol. The summed E-state index contributed by atoms with van der Waals surface area (Å²) in [5.74, 6) is 0. The lowest BCUT2D eigenvalue weighted by atomic mass is 10.1. The van der Waals surface area contributed by atoms with E-state index < -0.39 is 17.4 Å². The van der Waals surface area contributed by atoms with E-state index in [4.69, 9.17) is 24.9 Å². The molecular formula is C19H57N3O5Si2. The van der Waals surface area contributed by atoms with E-state index in [9.17, 15) is 0 Å². The first-order chi connectivity index (χ1) is 11.5. The van der Waals surface area contributed by atoms with Gasteiger partial charge in [0.25, 0.3) is 0 Å². The van der Waals surface area contributed by atoms with Crippen molar-refractivity contribution in [2.45, 2.75) is 107 Å². The minimum Gasteiger partial charge on any atom is -0.400 e. The Morgan fingerprint density at radius 2 is 0.862 bits per heavy atom. The molecule has 0 saturated carbocycles. The van der Waals surface area contributed by atoms with Gasteiger partial charge in [0.1, 0.15) is 0 Å². The van der Waals surface area contributed by atoms with Gasteiger partial charge >= 0.3 is 17.4 Å². The van der Waals surface area contributed by atoms with Gasteiger partial charge in [-0.25, -0.2) is 0 Å². The second-order valence-electron chi connectivity index (χ2n) is 9.49. The topological polar surface area (TPSA) is 129 Å². The Labute approximate surface area is 185 Å². The van der Waals surface area contributed by atoms with Crippen LogP contribution in [-0.2, 0) is 8.85 Å². The van der Waals surface area contributed by atoms with E-state index in [1.807, 2.05) is 20.8 Å². The molecule has 0 unspecified atom stereocenters. The highest BCUT2D eigenvalue weighted by Crippen LogP contribution is 2.10. The van der Waals surface area contributed by atoms with Crippen molar-refractivity contribution in [2.24, 2.45) is 5.73 Å². The smallest absolute Gasteiger partial charge is 0.400 e. The van der Waals surface area contributed by atoms with Gasteiger partial charge < -0.3 is 29.3 Å². The number of aliphatic hydroxyl groups excluding tert-OH is 1. The van der Waals surface area contributed by atoms with Crippen molar-refractivity contribution in [3.05, 3.63) is 0 Å². The van der Waals surface area contributed by atoms with Crippen molar-refractivity contribution in [1.29, 1.82) is 0 Å².